The number of hydrogen-bond acceptors (Lipinski definition) is 21. The normalized spacial score (nSPS) is 18.3. The van der Waals surface area contributed by atoms with E-state index < -0.39 is 48.2 Å². The van der Waals surface area contributed by atoms with E-state index in [4.69, 9.17) is 34.0 Å². The Balaban J connectivity index is 0.000000154. The number of benzene rings is 6. The number of nitrogens with one attached hydrogen (secondary N) is 4. The standard InChI is InChI=1S/C25H30ClN3O4.C25H29N3O4.C22H23FN2O3.C3H8ClNO/c26-12-16(30)13-27-20-8-9-21(28-14-17(31)15-29-10-4-1-5-11-29)23-22(20)24(32)18-6-2-3-7-19(18)25(23)33;29-16(13-27-10-4-1-5-11-27)12-26-20-8-9-21(28-14-17(30)15-28)23-22(20)24(31)18-6-2-3-7-19(18)25(23)32;23-17-8-9-18(24-12-14(26)13-25-10-4-1-5-11-25)20-19(17)21(27)15-6-2-3-7-16(15)22(20)28;4-1-3(6)2-5/h2-3,6-9,16-17,27-28,30-31H,1,4-5,10-15H2;2-3,6-9,16-17,26,29-30H,1,4-5,10-15H2;2-3,6-9,14,24,26H,1,4-5,10-13H2;3,6H,1-2,5H2/t16-,17+;16-;14-;3-/m1001/s1. The maximum absolute atomic E-state index is 14.4. The van der Waals surface area contributed by atoms with Gasteiger partial charge in [0.1, 0.15) is 5.82 Å². The van der Waals surface area contributed by atoms with Gasteiger partial charge in [0.2, 0.25) is 0 Å². The van der Waals surface area contributed by atoms with Crippen LogP contribution in [0.15, 0.2) is 109 Å². The van der Waals surface area contributed by atoms with Crippen LogP contribution < -0.4 is 31.9 Å². The monoisotopic (exact) mass is 1400 g/mol. The summed E-state index contributed by atoms with van der Waals surface area (Å²) in [7, 11) is 0. The van der Waals surface area contributed by atoms with Gasteiger partial charge in [-0.1, -0.05) is 92.1 Å². The third-order valence-electron chi connectivity index (χ3n) is 18.9. The first-order valence-corrected chi connectivity index (χ1v) is 35.5. The van der Waals surface area contributed by atoms with Gasteiger partial charge in [0, 0.05) is 133 Å². The molecule has 0 unspecified atom stereocenters. The highest BCUT2D eigenvalue weighted by atomic mass is 35.5. The molecule has 99 heavy (non-hydrogen) atoms. The summed E-state index contributed by atoms with van der Waals surface area (Å²) in [5.74, 6) is -2.14. The predicted molar refractivity (Wildman–Crippen MR) is 383 cm³/mol. The number of carbonyl (C=O) groups is 6. The Morgan fingerprint density at radius 3 is 0.990 bits per heavy atom. The second-order valence-electron chi connectivity index (χ2n) is 26.2. The third-order valence-corrected chi connectivity index (χ3v) is 19.6. The number of aliphatic hydroxyl groups is 6. The van der Waals surface area contributed by atoms with Crippen molar-refractivity contribution in [2.75, 3.05) is 143 Å². The lowest BCUT2D eigenvalue weighted by Crippen LogP contribution is -2.51. The molecule has 6 aromatic rings. The molecule has 4 aliphatic heterocycles. The SMILES string of the molecule is NC[C@H](O)CCl.O=C1c2ccccc2C(=O)c2c(N3CC(O)C3)ccc(NC[C@H](O)CN3CCCCC3)c21.O=C1c2ccccc2C(=O)c2c(NC[C@H](O)CN3CCCCC3)ccc(F)c21.O=C1c2ccccc2C(=O)c2c(NC[C@H](O)CN3CCCCC3)ccc(NC[C@H](O)CCl)c21. The molecule has 0 aromatic heterocycles. The van der Waals surface area contributed by atoms with E-state index in [0.29, 0.717) is 101 Å². The summed E-state index contributed by atoms with van der Waals surface area (Å²) in [5.41, 5.74) is 10.8. The van der Waals surface area contributed by atoms with Crippen LogP contribution in [0.3, 0.4) is 0 Å². The number of piperidine rings is 3. The van der Waals surface area contributed by atoms with Crippen LogP contribution in [-0.2, 0) is 0 Å². The van der Waals surface area contributed by atoms with E-state index in [9.17, 15) is 58.7 Å². The molecule has 3 aliphatic carbocycles. The summed E-state index contributed by atoms with van der Waals surface area (Å²) in [6.07, 6.45) is 7.08. The minimum atomic E-state index is -0.785. The minimum absolute atomic E-state index is 0.0499. The maximum atomic E-state index is 14.4. The molecular weight excluding hydrogens is 1310 g/mol. The Kier molecular flexibility index (Phi) is 26.3. The number of aliphatic hydroxyl groups excluding tert-OH is 6. The van der Waals surface area contributed by atoms with Gasteiger partial charge in [0.05, 0.1) is 75.9 Å². The molecule has 13 rings (SSSR count). The average molecular weight is 1400 g/mol. The molecule has 21 nitrogen and oxygen atoms in total. The van der Waals surface area contributed by atoms with Gasteiger partial charge in [0.15, 0.2) is 34.7 Å². The number of anilines is 5. The molecule has 4 saturated heterocycles. The van der Waals surface area contributed by atoms with E-state index in [1.165, 1.54) is 31.4 Å². The highest BCUT2D eigenvalue weighted by Gasteiger charge is 2.39. The summed E-state index contributed by atoms with van der Waals surface area (Å²) < 4.78 is 14.4. The molecule has 12 N–H and O–H groups in total. The lowest BCUT2D eigenvalue weighted by atomic mass is 9.81. The van der Waals surface area contributed by atoms with E-state index in [2.05, 4.69) is 36.0 Å². The van der Waals surface area contributed by atoms with Crippen molar-refractivity contribution in [1.82, 2.24) is 14.7 Å². The van der Waals surface area contributed by atoms with E-state index in [-0.39, 0.29) is 100 Å². The van der Waals surface area contributed by atoms with Crippen molar-refractivity contribution >= 4 is 86.3 Å². The van der Waals surface area contributed by atoms with Crippen LogP contribution in [0.5, 0.6) is 0 Å². The van der Waals surface area contributed by atoms with Crippen LogP contribution in [0.4, 0.5) is 32.8 Å². The molecule has 24 heteroatoms. The van der Waals surface area contributed by atoms with Gasteiger partial charge in [-0.25, -0.2) is 4.39 Å². The number of halogens is 3. The van der Waals surface area contributed by atoms with Crippen LogP contribution in [0.25, 0.3) is 0 Å². The molecule has 0 amide bonds. The van der Waals surface area contributed by atoms with E-state index in [1.807, 2.05) is 17.0 Å². The van der Waals surface area contributed by atoms with Crippen molar-refractivity contribution in [3.05, 3.63) is 182 Å². The maximum Gasteiger partial charge on any atom is 0.197 e. The molecule has 0 bridgehead atoms. The lowest BCUT2D eigenvalue weighted by Gasteiger charge is -2.40. The highest BCUT2D eigenvalue weighted by Crippen LogP contribution is 2.41. The molecule has 4 heterocycles. The first-order chi connectivity index (χ1) is 47.9. The smallest absolute Gasteiger partial charge is 0.197 e. The second kappa shape index (κ2) is 35.2. The summed E-state index contributed by atoms with van der Waals surface area (Å²) in [6, 6.07) is 29.9. The fourth-order valence-corrected chi connectivity index (χ4v) is 13.9. The van der Waals surface area contributed by atoms with Gasteiger partial charge in [-0.05, 0) is 114 Å². The number of carbonyl (C=O) groups excluding carboxylic acids is 6. The molecular formula is C75H90Cl2FN9O12. The molecule has 0 saturated carbocycles. The van der Waals surface area contributed by atoms with Crippen LogP contribution in [-0.4, -0.2) is 233 Å². The quantitative estimate of drug-likeness (QED) is 0.0303. The number of alkyl halides is 2. The number of β-amino-alcohol motifs (C(OH)–C–C–N with tert-alkyl or cyclic N) is 4. The van der Waals surface area contributed by atoms with Crippen LogP contribution in [0, 0.1) is 5.82 Å². The summed E-state index contributed by atoms with van der Waals surface area (Å²) in [6.45, 7) is 9.74. The number of likely N-dealkylation sites (tertiary alicyclic amines) is 3. The fourth-order valence-electron chi connectivity index (χ4n) is 13.7. The number of fused-ring (bicyclic) bond motifs is 6. The molecule has 4 fully saturated rings. The highest BCUT2D eigenvalue weighted by molar-refractivity contribution is 6.33. The van der Waals surface area contributed by atoms with Crippen LogP contribution >= 0.6 is 23.2 Å². The zero-order valence-corrected chi connectivity index (χ0v) is 57.1. The van der Waals surface area contributed by atoms with Crippen molar-refractivity contribution in [3.63, 3.8) is 0 Å². The first kappa shape index (κ1) is 74.1. The molecule has 528 valence electrons. The van der Waals surface area contributed by atoms with E-state index in [0.717, 1.165) is 77.8 Å². The summed E-state index contributed by atoms with van der Waals surface area (Å²) in [4.78, 5) is 88.1. The average Bonchev–Trinajstić information content (AvgIpc) is 0.753. The summed E-state index contributed by atoms with van der Waals surface area (Å²) >= 11 is 10.8. The van der Waals surface area contributed by atoms with Gasteiger partial charge < -0.3 is 77.2 Å². The molecule has 7 aliphatic rings. The number of nitrogens with zero attached hydrogens (tertiary/aromatic N) is 4. The second-order valence-corrected chi connectivity index (χ2v) is 26.8. The Hall–Kier alpha value is -7.55. The molecule has 0 radical (unpaired) electrons. The Labute approximate surface area is 586 Å². The van der Waals surface area contributed by atoms with E-state index in [1.54, 1.807) is 84.9 Å². The Morgan fingerprint density at radius 2 is 0.677 bits per heavy atom. The zero-order valence-electron chi connectivity index (χ0n) is 55.6. The van der Waals surface area contributed by atoms with Gasteiger partial charge >= 0.3 is 0 Å². The third kappa shape index (κ3) is 18.0. The van der Waals surface area contributed by atoms with Crippen LogP contribution in [0.2, 0.25) is 0 Å². The molecule has 0 spiro atoms. The summed E-state index contributed by atoms with van der Waals surface area (Å²) in [5, 5.41) is 72.1. The number of ketones is 6. The predicted octanol–water partition coefficient (Wildman–Crippen LogP) is 7.04. The number of nitrogens with two attached hydrogens (primary N) is 1. The van der Waals surface area contributed by atoms with Crippen LogP contribution in [0.1, 0.15) is 153 Å². The van der Waals surface area contributed by atoms with Crippen molar-refractivity contribution in [2.45, 2.75) is 94.4 Å². The molecule has 5 atom stereocenters. The van der Waals surface area contributed by atoms with Gasteiger partial charge in [-0.2, -0.15) is 0 Å². The van der Waals surface area contributed by atoms with Crippen molar-refractivity contribution in [1.29, 1.82) is 0 Å². The van der Waals surface area contributed by atoms with Crippen molar-refractivity contribution in [3.8, 4) is 0 Å². The largest absolute Gasteiger partial charge is 0.391 e. The molecule has 6 aromatic carbocycles. The van der Waals surface area contributed by atoms with Gasteiger partial charge in [-0.15, -0.1) is 23.2 Å². The van der Waals surface area contributed by atoms with Crippen molar-refractivity contribution < 1.29 is 63.8 Å². The Morgan fingerprint density at radius 1 is 0.394 bits per heavy atom. The van der Waals surface area contributed by atoms with Gasteiger partial charge in [0.25, 0.3) is 0 Å². The number of hydrogen-bond donors (Lipinski definition) is 11. The fraction of sp³-hybridized carbons (Fsp3) is 0.440. The number of rotatable bonds is 22. The van der Waals surface area contributed by atoms with E-state index >= 15 is 0 Å². The van der Waals surface area contributed by atoms with Crippen molar-refractivity contribution in [2.24, 2.45) is 5.73 Å². The Bertz CT molecular complexity index is 3850. The lowest BCUT2D eigenvalue weighted by molar-refractivity contribution is 0.0976. The topological polar surface area (TPSA) is 311 Å². The van der Waals surface area contributed by atoms with Gasteiger partial charge in [-0.3, -0.25) is 28.8 Å². The first-order valence-electron chi connectivity index (χ1n) is 34.4. The zero-order chi connectivity index (χ0) is 70.3. The minimum Gasteiger partial charge on any atom is -0.391 e.